The van der Waals surface area contributed by atoms with Gasteiger partial charge in [0.15, 0.2) is 0 Å². The number of aliphatic hydroxyl groups is 1. The number of carbonyl (C=O) groups excluding carboxylic acids is 1. The van der Waals surface area contributed by atoms with Crippen molar-refractivity contribution in [2.45, 2.75) is 18.4 Å². The van der Waals surface area contributed by atoms with E-state index in [9.17, 15) is 9.90 Å². The van der Waals surface area contributed by atoms with Crippen molar-refractivity contribution in [3.8, 4) is 0 Å². The van der Waals surface area contributed by atoms with Crippen LogP contribution in [0.25, 0.3) is 0 Å². The van der Waals surface area contributed by atoms with E-state index in [4.69, 9.17) is 0 Å². The predicted octanol–water partition coefficient (Wildman–Crippen LogP) is 2.44. The highest BCUT2D eigenvalue weighted by Gasteiger charge is 2.39. The summed E-state index contributed by atoms with van der Waals surface area (Å²) in [6, 6.07) is 17.1. The second-order valence-corrected chi connectivity index (χ2v) is 4.78. The van der Waals surface area contributed by atoms with Crippen LogP contribution in [0, 0.1) is 0 Å². The van der Waals surface area contributed by atoms with E-state index in [2.05, 4.69) is 0 Å². The van der Waals surface area contributed by atoms with Crippen molar-refractivity contribution in [2.24, 2.45) is 0 Å². The number of hydrogen-bond acceptors (Lipinski definition) is 2. The van der Waals surface area contributed by atoms with Crippen LogP contribution >= 0.6 is 0 Å². The summed E-state index contributed by atoms with van der Waals surface area (Å²) in [5.74, 6) is 0.0834. The Kier molecular flexibility index (Phi) is 2.53. The highest BCUT2D eigenvalue weighted by Crippen LogP contribution is 2.38. The van der Waals surface area contributed by atoms with Crippen LogP contribution in [0.2, 0.25) is 0 Å². The van der Waals surface area contributed by atoms with Gasteiger partial charge in [-0.25, -0.2) is 0 Å². The van der Waals surface area contributed by atoms with E-state index in [0.717, 1.165) is 16.7 Å². The van der Waals surface area contributed by atoms with Gasteiger partial charge in [-0.3, -0.25) is 4.79 Å². The molecule has 1 N–H and O–H groups in total. The fourth-order valence-corrected chi connectivity index (χ4v) is 2.70. The standard InChI is InChI=1S/C16H14O2/c17-14-10-12-6-4-5-9-15(12)16(18,11-14)13-7-2-1-3-8-13/h1-9,18H,10-11H2. The summed E-state index contributed by atoms with van der Waals surface area (Å²) in [5, 5.41) is 10.9. The molecular weight excluding hydrogens is 224 g/mol. The minimum absolute atomic E-state index is 0.0834. The minimum atomic E-state index is -1.17. The lowest BCUT2D eigenvalue weighted by Gasteiger charge is -2.34. The average molecular weight is 238 g/mol. The van der Waals surface area contributed by atoms with E-state index < -0.39 is 5.60 Å². The first kappa shape index (κ1) is 11.2. The Hall–Kier alpha value is -1.93. The Morgan fingerprint density at radius 3 is 2.39 bits per heavy atom. The lowest BCUT2D eigenvalue weighted by molar-refractivity contribution is -0.123. The highest BCUT2D eigenvalue weighted by molar-refractivity contribution is 5.85. The van der Waals surface area contributed by atoms with Gasteiger partial charge in [0, 0.05) is 12.8 Å². The van der Waals surface area contributed by atoms with Crippen molar-refractivity contribution in [3.63, 3.8) is 0 Å². The van der Waals surface area contributed by atoms with Crippen LogP contribution in [-0.4, -0.2) is 10.9 Å². The molecule has 0 bridgehead atoms. The average Bonchev–Trinajstić information content (AvgIpc) is 2.39. The molecule has 1 aliphatic carbocycles. The van der Waals surface area contributed by atoms with Crippen LogP contribution in [0.5, 0.6) is 0 Å². The predicted molar refractivity (Wildman–Crippen MR) is 69.2 cm³/mol. The van der Waals surface area contributed by atoms with E-state index in [-0.39, 0.29) is 12.2 Å². The van der Waals surface area contributed by atoms with Crippen LogP contribution in [0.1, 0.15) is 23.1 Å². The van der Waals surface area contributed by atoms with Crippen molar-refractivity contribution < 1.29 is 9.90 Å². The number of hydrogen-bond donors (Lipinski definition) is 1. The van der Waals surface area contributed by atoms with Gasteiger partial charge >= 0.3 is 0 Å². The molecule has 0 radical (unpaired) electrons. The third-order valence-electron chi connectivity index (χ3n) is 3.55. The molecule has 0 aliphatic heterocycles. The zero-order valence-electron chi connectivity index (χ0n) is 9.97. The molecule has 0 heterocycles. The first-order valence-electron chi connectivity index (χ1n) is 6.08. The number of fused-ring (bicyclic) bond motifs is 1. The Balaban J connectivity index is 2.21. The van der Waals surface area contributed by atoms with E-state index in [1.165, 1.54) is 0 Å². The third-order valence-corrected chi connectivity index (χ3v) is 3.55. The molecule has 1 aliphatic rings. The van der Waals surface area contributed by atoms with Gasteiger partial charge in [-0.2, -0.15) is 0 Å². The first-order chi connectivity index (χ1) is 8.70. The Morgan fingerprint density at radius 1 is 0.944 bits per heavy atom. The molecule has 0 spiro atoms. The molecule has 2 aromatic rings. The topological polar surface area (TPSA) is 37.3 Å². The molecule has 0 aromatic heterocycles. The fraction of sp³-hybridized carbons (Fsp3) is 0.188. The monoisotopic (exact) mass is 238 g/mol. The molecule has 2 nitrogen and oxygen atoms in total. The molecule has 2 aromatic carbocycles. The minimum Gasteiger partial charge on any atom is -0.380 e. The van der Waals surface area contributed by atoms with Gasteiger partial charge in [-0.15, -0.1) is 0 Å². The SMILES string of the molecule is O=C1Cc2ccccc2C(O)(c2ccccc2)C1. The molecule has 1 atom stereocenters. The maximum Gasteiger partial charge on any atom is 0.140 e. The molecule has 0 fully saturated rings. The van der Waals surface area contributed by atoms with Crippen molar-refractivity contribution >= 4 is 5.78 Å². The second kappa shape index (κ2) is 4.07. The van der Waals surface area contributed by atoms with Crippen LogP contribution in [0.4, 0.5) is 0 Å². The van der Waals surface area contributed by atoms with E-state index in [1.54, 1.807) is 0 Å². The molecule has 1 unspecified atom stereocenters. The van der Waals surface area contributed by atoms with Crippen molar-refractivity contribution in [2.75, 3.05) is 0 Å². The summed E-state index contributed by atoms with van der Waals surface area (Å²) in [6.45, 7) is 0. The van der Waals surface area contributed by atoms with Gasteiger partial charge in [0.1, 0.15) is 11.4 Å². The summed E-state index contributed by atoms with van der Waals surface area (Å²) in [7, 11) is 0. The van der Waals surface area contributed by atoms with Gasteiger partial charge in [0.2, 0.25) is 0 Å². The summed E-state index contributed by atoms with van der Waals surface area (Å²) < 4.78 is 0. The molecule has 90 valence electrons. The highest BCUT2D eigenvalue weighted by atomic mass is 16.3. The molecular formula is C16H14O2. The second-order valence-electron chi connectivity index (χ2n) is 4.78. The van der Waals surface area contributed by atoms with Gasteiger partial charge in [-0.1, -0.05) is 54.6 Å². The summed E-state index contributed by atoms with van der Waals surface area (Å²) in [6.07, 6.45) is 0.583. The summed E-state index contributed by atoms with van der Waals surface area (Å²) >= 11 is 0. The van der Waals surface area contributed by atoms with E-state index >= 15 is 0 Å². The Labute approximate surface area is 106 Å². The summed E-state index contributed by atoms with van der Waals surface area (Å²) in [4.78, 5) is 11.9. The number of Topliss-reactive ketones (excluding diaryl/α,β-unsaturated/α-hetero) is 1. The molecule has 2 heteroatoms. The lowest BCUT2D eigenvalue weighted by Crippen LogP contribution is -2.36. The number of benzene rings is 2. The molecule has 0 amide bonds. The number of ketones is 1. The molecule has 0 saturated carbocycles. The molecule has 0 saturated heterocycles. The van der Waals surface area contributed by atoms with E-state index in [1.807, 2.05) is 54.6 Å². The van der Waals surface area contributed by atoms with Gasteiger partial charge < -0.3 is 5.11 Å². The van der Waals surface area contributed by atoms with Gasteiger partial charge in [-0.05, 0) is 16.7 Å². The van der Waals surface area contributed by atoms with E-state index in [0.29, 0.717) is 6.42 Å². The quantitative estimate of drug-likeness (QED) is 0.828. The molecule has 3 rings (SSSR count). The zero-order chi connectivity index (χ0) is 12.6. The van der Waals surface area contributed by atoms with Crippen LogP contribution in [-0.2, 0) is 16.8 Å². The normalized spacial score (nSPS) is 22.6. The van der Waals surface area contributed by atoms with Gasteiger partial charge in [0.05, 0.1) is 0 Å². The van der Waals surface area contributed by atoms with Crippen LogP contribution < -0.4 is 0 Å². The van der Waals surface area contributed by atoms with Crippen molar-refractivity contribution in [1.29, 1.82) is 0 Å². The Morgan fingerprint density at radius 2 is 1.61 bits per heavy atom. The zero-order valence-corrected chi connectivity index (χ0v) is 9.97. The van der Waals surface area contributed by atoms with Crippen molar-refractivity contribution in [3.05, 3.63) is 71.3 Å². The Bertz CT molecular complexity index is 589. The van der Waals surface area contributed by atoms with Gasteiger partial charge in [0.25, 0.3) is 0 Å². The maximum atomic E-state index is 11.9. The smallest absolute Gasteiger partial charge is 0.140 e. The third kappa shape index (κ3) is 1.66. The maximum absolute atomic E-state index is 11.9. The number of carbonyl (C=O) groups is 1. The van der Waals surface area contributed by atoms with Crippen molar-refractivity contribution in [1.82, 2.24) is 0 Å². The fourth-order valence-electron chi connectivity index (χ4n) is 2.70. The number of rotatable bonds is 1. The summed E-state index contributed by atoms with van der Waals surface area (Å²) in [5.41, 5.74) is 1.40. The van der Waals surface area contributed by atoms with Crippen LogP contribution in [0.15, 0.2) is 54.6 Å². The lowest BCUT2D eigenvalue weighted by atomic mass is 9.74. The first-order valence-corrected chi connectivity index (χ1v) is 6.08. The van der Waals surface area contributed by atoms with Crippen LogP contribution in [0.3, 0.4) is 0 Å². The molecule has 18 heavy (non-hydrogen) atoms. The largest absolute Gasteiger partial charge is 0.380 e.